The predicted molar refractivity (Wildman–Crippen MR) is 108 cm³/mol. The van der Waals surface area contributed by atoms with E-state index < -0.39 is 10.0 Å². The van der Waals surface area contributed by atoms with Gasteiger partial charge in [0.1, 0.15) is 0 Å². The van der Waals surface area contributed by atoms with Gasteiger partial charge in [-0.3, -0.25) is 4.79 Å². The Bertz CT molecular complexity index is 758. The van der Waals surface area contributed by atoms with Crippen LogP contribution in [0.3, 0.4) is 0 Å². The Balaban J connectivity index is 1.57. The number of amides is 1. The quantitative estimate of drug-likeness (QED) is 0.697. The van der Waals surface area contributed by atoms with Crippen LogP contribution in [0.4, 0.5) is 5.69 Å². The Hall–Kier alpha value is -1.40. The van der Waals surface area contributed by atoms with E-state index in [1.165, 1.54) is 19.3 Å². The Morgan fingerprint density at radius 2 is 1.81 bits per heavy atom. The molecule has 0 spiro atoms. The largest absolute Gasteiger partial charge is 0.326 e. The Morgan fingerprint density at radius 3 is 2.37 bits per heavy atom. The van der Waals surface area contributed by atoms with Gasteiger partial charge in [0.15, 0.2) is 0 Å². The lowest BCUT2D eigenvalue weighted by Gasteiger charge is -2.28. The number of sulfonamides is 1. The minimum absolute atomic E-state index is 0.0395. The van der Waals surface area contributed by atoms with E-state index in [-0.39, 0.29) is 16.8 Å². The SMILES string of the molecule is CC(C)CCC(=O)Nc1ccc(S(=O)(=O)N[C@H](C)[C@H]2C[C@@H]3CC[C@@H]2C3)cc1. The summed E-state index contributed by atoms with van der Waals surface area (Å²) in [6.07, 6.45) is 6.28. The van der Waals surface area contributed by atoms with Crippen LogP contribution in [-0.4, -0.2) is 20.4 Å². The van der Waals surface area contributed by atoms with Crippen molar-refractivity contribution in [3.05, 3.63) is 24.3 Å². The predicted octanol–water partition coefficient (Wildman–Crippen LogP) is 4.16. The first-order chi connectivity index (χ1) is 12.7. The van der Waals surface area contributed by atoms with Crippen molar-refractivity contribution in [2.75, 3.05) is 5.32 Å². The molecule has 0 unspecified atom stereocenters. The van der Waals surface area contributed by atoms with Crippen LogP contribution in [0.2, 0.25) is 0 Å². The molecule has 0 radical (unpaired) electrons. The molecule has 1 aromatic carbocycles. The van der Waals surface area contributed by atoms with Crippen LogP contribution in [0.25, 0.3) is 0 Å². The molecule has 1 amide bonds. The molecule has 2 N–H and O–H groups in total. The Morgan fingerprint density at radius 1 is 1.11 bits per heavy atom. The maximum atomic E-state index is 12.7. The van der Waals surface area contributed by atoms with Gasteiger partial charge in [-0.1, -0.05) is 20.3 Å². The number of hydrogen-bond acceptors (Lipinski definition) is 3. The van der Waals surface area contributed by atoms with Crippen LogP contribution >= 0.6 is 0 Å². The lowest BCUT2D eigenvalue weighted by atomic mass is 9.84. The van der Waals surface area contributed by atoms with E-state index >= 15 is 0 Å². The van der Waals surface area contributed by atoms with Crippen LogP contribution in [0.15, 0.2) is 29.2 Å². The highest BCUT2D eigenvalue weighted by atomic mass is 32.2. The molecule has 150 valence electrons. The molecular formula is C21H32N2O3S. The lowest BCUT2D eigenvalue weighted by Crippen LogP contribution is -2.40. The van der Waals surface area contributed by atoms with E-state index in [4.69, 9.17) is 0 Å². The summed E-state index contributed by atoms with van der Waals surface area (Å²) in [6.45, 7) is 6.15. The van der Waals surface area contributed by atoms with Crippen molar-refractivity contribution in [2.45, 2.75) is 70.2 Å². The zero-order valence-corrected chi connectivity index (χ0v) is 17.4. The van der Waals surface area contributed by atoms with Crippen molar-refractivity contribution in [2.24, 2.45) is 23.7 Å². The van der Waals surface area contributed by atoms with Crippen LogP contribution in [0, 0.1) is 23.7 Å². The maximum absolute atomic E-state index is 12.7. The minimum atomic E-state index is -3.54. The van der Waals surface area contributed by atoms with Crippen molar-refractivity contribution < 1.29 is 13.2 Å². The number of fused-ring (bicyclic) bond motifs is 2. The summed E-state index contributed by atoms with van der Waals surface area (Å²) in [5.74, 6) is 2.37. The van der Waals surface area contributed by atoms with Gasteiger partial charge in [0.25, 0.3) is 0 Å². The third-order valence-corrected chi connectivity index (χ3v) is 7.75. The molecule has 0 aromatic heterocycles. The van der Waals surface area contributed by atoms with E-state index in [1.54, 1.807) is 24.3 Å². The van der Waals surface area contributed by atoms with Crippen molar-refractivity contribution >= 4 is 21.6 Å². The van der Waals surface area contributed by atoms with Gasteiger partial charge in [-0.25, -0.2) is 13.1 Å². The fourth-order valence-electron chi connectivity index (χ4n) is 4.67. The highest BCUT2D eigenvalue weighted by molar-refractivity contribution is 7.89. The summed E-state index contributed by atoms with van der Waals surface area (Å²) in [5, 5.41) is 2.83. The number of carbonyl (C=O) groups excluding carboxylic acids is 1. The fourth-order valence-corrected chi connectivity index (χ4v) is 5.96. The highest BCUT2D eigenvalue weighted by Crippen LogP contribution is 2.49. The average molecular weight is 393 g/mol. The number of nitrogens with one attached hydrogen (secondary N) is 2. The molecule has 4 atom stereocenters. The molecule has 2 aliphatic rings. The molecule has 2 fully saturated rings. The third kappa shape index (κ3) is 5.11. The van der Waals surface area contributed by atoms with Crippen LogP contribution in [0.5, 0.6) is 0 Å². The summed E-state index contributed by atoms with van der Waals surface area (Å²) < 4.78 is 28.3. The lowest BCUT2D eigenvalue weighted by molar-refractivity contribution is -0.116. The highest BCUT2D eigenvalue weighted by Gasteiger charge is 2.42. The summed E-state index contributed by atoms with van der Waals surface area (Å²) >= 11 is 0. The minimum Gasteiger partial charge on any atom is -0.326 e. The average Bonchev–Trinajstić information content (AvgIpc) is 3.23. The molecule has 3 rings (SSSR count). The van der Waals surface area contributed by atoms with Crippen molar-refractivity contribution in [3.8, 4) is 0 Å². The Kier molecular flexibility index (Phi) is 6.26. The van der Waals surface area contributed by atoms with E-state index in [2.05, 4.69) is 23.9 Å². The first-order valence-corrected chi connectivity index (χ1v) is 11.6. The zero-order chi connectivity index (χ0) is 19.6. The van der Waals surface area contributed by atoms with Crippen molar-refractivity contribution in [1.29, 1.82) is 0 Å². The molecule has 2 saturated carbocycles. The summed E-state index contributed by atoms with van der Waals surface area (Å²) in [7, 11) is -3.54. The first-order valence-electron chi connectivity index (χ1n) is 10.2. The number of rotatable bonds is 8. The molecule has 27 heavy (non-hydrogen) atoms. The van der Waals surface area contributed by atoms with Gasteiger partial charge in [-0.2, -0.15) is 0 Å². The monoisotopic (exact) mass is 392 g/mol. The number of carbonyl (C=O) groups is 1. The van der Waals surface area contributed by atoms with Crippen LogP contribution in [-0.2, 0) is 14.8 Å². The van der Waals surface area contributed by atoms with E-state index in [9.17, 15) is 13.2 Å². The van der Waals surface area contributed by atoms with E-state index in [0.717, 1.165) is 18.8 Å². The third-order valence-electron chi connectivity index (χ3n) is 6.17. The second kappa shape index (κ2) is 8.31. The standard InChI is InChI=1S/C21H32N2O3S/c1-14(2)4-11-21(24)22-18-7-9-19(10-8-18)27(25,26)23-15(3)20-13-16-5-6-17(20)12-16/h7-10,14-17,20,23H,4-6,11-13H2,1-3H3,(H,22,24)/t15-,16-,17-,20-/m1/s1. The zero-order valence-electron chi connectivity index (χ0n) is 16.6. The summed E-state index contributed by atoms with van der Waals surface area (Å²) in [6, 6.07) is 6.40. The van der Waals surface area contributed by atoms with Gasteiger partial charge in [0.05, 0.1) is 4.90 Å². The number of hydrogen-bond donors (Lipinski definition) is 2. The summed E-state index contributed by atoms with van der Waals surface area (Å²) in [5.41, 5.74) is 0.629. The molecular weight excluding hydrogens is 360 g/mol. The second-order valence-electron chi connectivity index (χ2n) is 8.75. The molecule has 6 heteroatoms. The molecule has 2 aliphatic carbocycles. The molecule has 0 heterocycles. The van der Waals surface area contributed by atoms with Gasteiger partial charge >= 0.3 is 0 Å². The van der Waals surface area contributed by atoms with Crippen LogP contribution in [0.1, 0.15) is 59.3 Å². The van der Waals surface area contributed by atoms with E-state index in [0.29, 0.717) is 29.9 Å². The second-order valence-corrected chi connectivity index (χ2v) is 10.5. The molecule has 0 saturated heterocycles. The van der Waals surface area contributed by atoms with Gasteiger partial charge in [0, 0.05) is 18.2 Å². The van der Waals surface area contributed by atoms with Crippen LogP contribution < -0.4 is 10.0 Å². The molecule has 1 aromatic rings. The fraction of sp³-hybridized carbons (Fsp3) is 0.667. The Labute approximate surface area is 163 Å². The topological polar surface area (TPSA) is 75.3 Å². The first kappa shape index (κ1) is 20.3. The van der Waals surface area contributed by atoms with Crippen molar-refractivity contribution in [3.63, 3.8) is 0 Å². The number of benzene rings is 1. The molecule has 0 aliphatic heterocycles. The molecule has 2 bridgehead atoms. The van der Waals surface area contributed by atoms with Gasteiger partial charge in [0.2, 0.25) is 15.9 Å². The van der Waals surface area contributed by atoms with Crippen molar-refractivity contribution in [1.82, 2.24) is 4.72 Å². The van der Waals surface area contributed by atoms with Gasteiger partial charge in [-0.05, 0) is 80.5 Å². The number of anilines is 1. The van der Waals surface area contributed by atoms with Gasteiger partial charge < -0.3 is 5.32 Å². The smallest absolute Gasteiger partial charge is 0.240 e. The van der Waals surface area contributed by atoms with E-state index in [1.807, 2.05) is 6.92 Å². The maximum Gasteiger partial charge on any atom is 0.240 e. The molecule has 5 nitrogen and oxygen atoms in total. The normalized spacial score (nSPS) is 25.7. The van der Waals surface area contributed by atoms with Gasteiger partial charge in [-0.15, -0.1) is 0 Å². The summed E-state index contributed by atoms with van der Waals surface area (Å²) in [4.78, 5) is 12.2.